The zero-order valence-electron chi connectivity index (χ0n) is 12.7. The van der Waals surface area contributed by atoms with E-state index in [9.17, 15) is 4.79 Å². The van der Waals surface area contributed by atoms with Gasteiger partial charge >= 0.3 is 0 Å². The zero-order valence-corrected chi connectivity index (χ0v) is 14.3. The molecule has 0 bridgehead atoms. The average Bonchev–Trinajstić information content (AvgIpc) is 3.03. The second-order valence-corrected chi connectivity index (χ2v) is 6.43. The second kappa shape index (κ2) is 7.66. The minimum absolute atomic E-state index is 0.161. The molecule has 0 radical (unpaired) electrons. The average molecular weight is 379 g/mol. The van der Waals surface area contributed by atoms with E-state index < -0.39 is 0 Å². The van der Waals surface area contributed by atoms with Crippen LogP contribution in [0.5, 0.6) is 5.75 Å². The highest BCUT2D eigenvalue weighted by atomic mass is 79.9. The molecule has 0 aliphatic carbocycles. The molecule has 3 rings (SSSR count). The van der Waals surface area contributed by atoms with Gasteiger partial charge in [0, 0.05) is 10.5 Å². The molecule has 0 spiro atoms. The van der Waals surface area contributed by atoms with Crippen LogP contribution in [0.15, 0.2) is 45.3 Å². The smallest absolute Gasteiger partial charge is 0.287 e. The minimum Gasteiger partial charge on any atom is -0.486 e. The van der Waals surface area contributed by atoms with Crippen LogP contribution < -0.4 is 15.4 Å². The van der Waals surface area contributed by atoms with Gasteiger partial charge < -0.3 is 19.8 Å². The number of ether oxygens (including phenoxy) is 1. The van der Waals surface area contributed by atoms with Crippen molar-refractivity contribution in [2.75, 3.05) is 13.1 Å². The van der Waals surface area contributed by atoms with Gasteiger partial charge in [0.1, 0.15) is 18.1 Å². The summed E-state index contributed by atoms with van der Waals surface area (Å²) in [5.41, 5.74) is 0. The van der Waals surface area contributed by atoms with Crippen LogP contribution in [-0.2, 0) is 6.61 Å². The molecule has 1 amide bonds. The Hall–Kier alpha value is -1.79. The lowest BCUT2D eigenvalue weighted by molar-refractivity contribution is 0.0897. The third-order valence-electron chi connectivity index (χ3n) is 3.74. The van der Waals surface area contributed by atoms with E-state index in [4.69, 9.17) is 9.15 Å². The number of halogens is 1. The molecule has 1 aliphatic heterocycles. The number of amides is 1. The van der Waals surface area contributed by atoms with E-state index in [2.05, 4.69) is 26.6 Å². The van der Waals surface area contributed by atoms with Gasteiger partial charge in [0.2, 0.25) is 0 Å². The van der Waals surface area contributed by atoms with Crippen molar-refractivity contribution in [2.24, 2.45) is 0 Å². The summed E-state index contributed by atoms with van der Waals surface area (Å²) in [5.74, 6) is 1.54. The van der Waals surface area contributed by atoms with Crippen LogP contribution in [0.4, 0.5) is 0 Å². The van der Waals surface area contributed by atoms with E-state index in [1.165, 1.54) is 0 Å². The second-order valence-electron chi connectivity index (χ2n) is 5.51. The largest absolute Gasteiger partial charge is 0.486 e. The summed E-state index contributed by atoms with van der Waals surface area (Å²) in [5, 5.41) is 6.28. The van der Waals surface area contributed by atoms with Crippen molar-refractivity contribution in [1.82, 2.24) is 10.6 Å². The molecule has 2 heterocycles. The Morgan fingerprint density at radius 2 is 2.13 bits per heavy atom. The van der Waals surface area contributed by atoms with Crippen LogP contribution in [0.25, 0.3) is 0 Å². The lowest BCUT2D eigenvalue weighted by Gasteiger charge is -2.23. The first-order valence-electron chi connectivity index (χ1n) is 7.69. The number of rotatable bonds is 5. The van der Waals surface area contributed by atoms with Crippen LogP contribution in [0.1, 0.15) is 29.2 Å². The summed E-state index contributed by atoms with van der Waals surface area (Å²) in [6.07, 6.45) is 1.90. The molecule has 1 saturated heterocycles. The van der Waals surface area contributed by atoms with E-state index in [0.717, 1.165) is 36.2 Å². The Morgan fingerprint density at radius 3 is 2.91 bits per heavy atom. The van der Waals surface area contributed by atoms with Gasteiger partial charge in [-0.2, -0.15) is 0 Å². The molecule has 0 saturated carbocycles. The molecule has 5 nitrogen and oxygen atoms in total. The molecule has 23 heavy (non-hydrogen) atoms. The molecule has 1 aliphatic rings. The van der Waals surface area contributed by atoms with E-state index in [1.54, 1.807) is 12.1 Å². The Balaban J connectivity index is 1.53. The number of benzene rings is 1. The number of furan rings is 1. The van der Waals surface area contributed by atoms with Gasteiger partial charge in [0.25, 0.3) is 5.91 Å². The number of hydrogen-bond donors (Lipinski definition) is 2. The van der Waals surface area contributed by atoms with Crippen molar-refractivity contribution in [3.05, 3.63) is 52.4 Å². The van der Waals surface area contributed by atoms with Crippen molar-refractivity contribution < 1.29 is 13.9 Å². The lowest BCUT2D eigenvalue weighted by Crippen LogP contribution is -2.42. The Kier molecular flexibility index (Phi) is 5.35. The number of carbonyl (C=O) groups is 1. The van der Waals surface area contributed by atoms with Crippen LogP contribution in [0, 0.1) is 0 Å². The highest BCUT2D eigenvalue weighted by Gasteiger charge is 2.18. The van der Waals surface area contributed by atoms with Gasteiger partial charge in [0.15, 0.2) is 5.76 Å². The van der Waals surface area contributed by atoms with Gasteiger partial charge in [-0.1, -0.05) is 22.0 Å². The van der Waals surface area contributed by atoms with Crippen LogP contribution >= 0.6 is 15.9 Å². The molecule has 0 unspecified atom stereocenters. The summed E-state index contributed by atoms with van der Waals surface area (Å²) < 4.78 is 12.2. The maximum atomic E-state index is 12.2. The Morgan fingerprint density at radius 1 is 1.30 bits per heavy atom. The first-order valence-corrected chi connectivity index (χ1v) is 8.49. The van der Waals surface area contributed by atoms with Crippen LogP contribution in [0.2, 0.25) is 0 Å². The molecule has 0 atom stereocenters. The molecule has 1 aromatic carbocycles. The summed E-state index contributed by atoms with van der Waals surface area (Å²) in [6.45, 7) is 2.17. The van der Waals surface area contributed by atoms with Gasteiger partial charge in [-0.05, 0) is 56.3 Å². The molecule has 6 heteroatoms. The third-order valence-corrected chi connectivity index (χ3v) is 4.23. The highest BCUT2D eigenvalue weighted by molar-refractivity contribution is 9.10. The molecular formula is C17H19BrN2O3. The molecule has 2 N–H and O–H groups in total. The minimum atomic E-state index is -0.161. The normalized spacial score (nSPS) is 15.3. The number of hydrogen-bond acceptors (Lipinski definition) is 4. The first-order chi connectivity index (χ1) is 11.2. The van der Waals surface area contributed by atoms with Gasteiger partial charge in [0.05, 0.1) is 0 Å². The predicted octanol–water partition coefficient (Wildman–Crippen LogP) is 3.10. The summed E-state index contributed by atoms with van der Waals surface area (Å²) >= 11 is 3.40. The fourth-order valence-corrected chi connectivity index (χ4v) is 2.89. The molecule has 2 aromatic rings. The van der Waals surface area contributed by atoms with Crippen LogP contribution in [0.3, 0.4) is 0 Å². The van der Waals surface area contributed by atoms with Crippen LogP contribution in [-0.4, -0.2) is 25.0 Å². The molecule has 1 aromatic heterocycles. The van der Waals surface area contributed by atoms with Crippen molar-refractivity contribution in [1.29, 1.82) is 0 Å². The quantitative estimate of drug-likeness (QED) is 0.838. The van der Waals surface area contributed by atoms with E-state index in [1.807, 2.05) is 24.3 Å². The third kappa shape index (κ3) is 4.59. The fourth-order valence-electron chi connectivity index (χ4n) is 2.51. The summed E-state index contributed by atoms with van der Waals surface area (Å²) in [4.78, 5) is 12.2. The van der Waals surface area contributed by atoms with E-state index >= 15 is 0 Å². The van der Waals surface area contributed by atoms with Crippen molar-refractivity contribution in [2.45, 2.75) is 25.5 Å². The molecule has 122 valence electrons. The zero-order chi connectivity index (χ0) is 16.1. The molecular weight excluding hydrogens is 360 g/mol. The summed E-state index contributed by atoms with van der Waals surface area (Å²) in [6, 6.07) is 11.3. The SMILES string of the molecule is O=C(NC1CCNCC1)c1ccc(COc2cccc(Br)c2)o1. The molecule has 1 fully saturated rings. The van der Waals surface area contributed by atoms with Crippen molar-refractivity contribution in [3.63, 3.8) is 0 Å². The topological polar surface area (TPSA) is 63.5 Å². The predicted molar refractivity (Wildman–Crippen MR) is 90.5 cm³/mol. The van der Waals surface area contributed by atoms with E-state index in [-0.39, 0.29) is 18.6 Å². The van der Waals surface area contributed by atoms with Gasteiger partial charge in [-0.25, -0.2) is 0 Å². The number of piperidine rings is 1. The van der Waals surface area contributed by atoms with E-state index in [0.29, 0.717) is 11.5 Å². The van der Waals surface area contributed by atoms with Crippen molar-refractivity contribution >= 4 is 21.8 Å². The highest BCUT2D eigenvalue weighted by Crippen LogP contribution is 2.19. The lowest BCUT2D eigenvalue weighted by atomic mass is 10.1. The Labute approximate surface area is 143 Å². The maximum absolute atomic E-state index is 12.2. The number of carbonyl (C=O) groups excluding carboxylic acids is 1. The first kappa shape index (κ1) is 16.1. The maximum Gasteiger partial charge on any atom is 0.287 e. The van der Waals surface area contributed by atoms with Gasteiger partial charge in [-0.15, -0.1) is 0 Å². The summed E-state index contributed by atoms with van der Waals surface area (Å²) in [7, 11) is 0. The monoisotopic (exact) mass is 378 g/mol. The Bertz CT molecular complexity index is 665. The fraction of sp³-hybridized carbons (Fsp3) is 0.353. The number of nitrogens with one attached hydrogen (secondary N) is 2. The standard InChI is InChI=1S/C17H19BrN2O3/c18-12-2-1-3-14(10-12)22-11-15-4-5-16(23-15)17(21)20-13-6-8-19-9-7-13/h1-5,10,13,19H,6-9,11H2,(H,20,21). The van der Waals surface area contributed by atoms with Gasteiger partial charge in [-0.3, -0.25) is 4.79 Å². The van der Waals surface area contributed by atoms with Crippen molar-refractivity contribution in [3.8, 4) is 5.75 Å².